The standard InChI is InChI=1S/C31H30N2O2/c34-29(22-21-25-13-5-1-6-14-25)33(24-27-17-9-3-10-18-27)30(28-19-11-4-12-20-28)31(35)32-23-26-15-7-2-8-16-26/h1-20,30H,21-24H2,(H,32,35)/t30-/m0/s1. The number of nitrogens with one attached hydrogen (secondary N) is 1. The predicted molar refractivity (Wildman–Crippen MR) is 139 cm³/mol. The fourth-order valence-corrected chi connectivity index (χ4v) is 4.13. The van der Waals surface area contributed by atoms with Gasteiger partial charge in [0.2, 0.25) is 11.8 Å². The van der Waals surface area contributed by atoms with Crippen LogP contribution in [0.4, 0.5) is 0 Å². The predicted octanol–water partition coefficient (Wildman–Crippen LogP) is 5.71. The Hall–Kier alpha value is -4.18. The van der Waals surface area contributed by atoms with Gasteiger partial charge in [-0.2, -0.15) is 0 Å². The van der Waals surface area contributed by atoms with E-state index in [0.717, 1.165) is 22.3 Å². The zero-order valence-electron chi connectivity index (χ0n) is 19.7. The third kappa shape index (κ3) is 6.90. The van der Waals surface area contributed by atoms with E-state index in [-0.39, 0.29) is 11.8 Å². The van der Waals surface area contributed by atoms with E-state index in [2.05, 4.69) is 5.32 Å². The second kappa shape index (κ2) is 12.3. The summed E-state index contributed by atoms with van der Waals surface area (Å²) in [7, 11) is 0. The molecule has 0 fully saturated rings. The van der Waals surface area contributed by atoms with Crippen LogP contribution in [0.15, 0.2) is 121 Å². The van der Waals surface area contributed by atoms with E-state index in [1.54, 1.807) is 4.90 Å². The molecule has 0 unspecified atom stereocenters. The van der Waals surface area contributed by atoms with Gasteiger partial charge in [-0.1, -0.05) is 121 Å². The van der Waals surface area contributed by atoms with E-state index >= 15 is 0 Å². The lowest BCUT2D eigenvalue weighted by Gasteiger charge is -2.32. The van der Waals surface area contributed by atoms with Gasteiger partial charge >= 0.3 is 0 Å². The lowest BCUT2D eigenvalue weighted by molar-refractivity contribution is -0.141. The van der Waals surface area contributed by atoms with Gasteiger partial charge in [0, 0.05) is 19.5 Å². The van der Waals surface area contributed by atoms with Gasteiger partial charge in [0.15, 0.2) is 0 Å². The molecule has 4 aromatic carbocycles. The SMILES string of the molecule is O=C(NCc1ccccc1)[C@H](c1ccccc1)N(Cc1ccccc1)C(=O)CCc1ccccc1. The van der Waals surface area contributed by atoms with Crippen LogP contribution >= 0.6 is 0 Å². The van der Waals surface area contributed by atoms with E-state index in [1.807, 2.05) is 121 Å². The van der Waals surface area contributed by atoms with Crippen LogP contribution < -0.4 is 5.32 Å². The molecule has 176 valence electrons. The molecule has 0 spiro atoms. The summed E-state index contributed by atoms with van der Waals surface area (Å²) >= 11 is 0. The van der Waals surface area contributed by atoms with Crippen LogP contribution in [0.1, 0.15) is 34.7 Å². The minimum Gasteiger partial charge on any atom is -0.350 e. The van der Waals surface area contributed by atoms with Crippen molar-refractivity contribution < 1.29 is 9.59 Å². The van der Waals surface area contributed by atoms with Crippen molar-refractivity contribution in [3.05, 3.63) is 144 Å². The third-order valence-electron chi connectivity index (χ3n) is 5.97. The highest BCUT2D eigenvalue weighted by Gasteiger charge is 2.31. The van der Waals surface area contributed by atoms with Gasteiger partial charge in [-0.3, -0.25) is 9.59 Å². The first-order valence-corrected chi connectivity index (χ1v) is 11.9. The average Bonchev–Trinajstić information content (AvgIpc) is 2.92. The van der Waals surface area contributed by atoms with E-state index < -0.39 is 6.04 Å². The normalized spacial score (nSPS) is 11.4. The largest absolute Gasteiger partial charge is 0.350 e. The molecule has 4 rings (SSSR count). The Bertz CT molecular complexity index is 1200. The van der Waals surface area contributed by atoms with E-state index in [1.165, 1.54) is 0 Å². The number of rotatable bonds is 10. The monoisotopic (exact) mass is 462 g/mol. The molecule has 0 radical (unpaired) electrons. The molecule has 0 saturated carbocycles. The van der Waals surface area contributed by atoms with Gasteiger partial charge in [0.1, 0.15) is 6.04 Å². The maximum absolute atomic E-state index is 13.7. The Kier molecular flexibility index (Phi) is 8.44. The molecule has 4 heteroatoms. The van der Waals surface area contributed by atoms with Crippen LogP contribution in [0.2, 0.25) is 0 Å². The maximum Gasteiger partial charge on any atom is 0.247 e. The molecule has 35 heavy (non-hydrogen) atoms. The fourth-order valence-electron chi connectivity index (χ4n) is 4.13. The first kappa shape index (κ1) is 24.0. The van der Waals surface area contributed by atoms with Crippen LogP contribution in [0, 0.1) is 0 Å². The number of amides is 2. The molecule has 0 aliphatic rings. The fraction of sp³-hybridized carbons (Fsp3) is 0.161. The van der Waals surface area contributed by atoms with Crippen LogP contribution in [0.5, 0.6) is 0 Å². The van der Waals surface area contributed by atoms with E-state index in [9.17, 15) is 9.59 Å². The molecule has 1 atom stereocenters. The minimum atomic E-state index is -0.733. The highest BCUT2D eigenvalue weighted by Crippen LogP contribution is 2.25. The van der Waals surface area contributed by atoms with Crippen molar-refractivity contribution in [3.63, 3.8) is 0 Å². The summed E-state index contributed by atoms with van der Waals surface area (Å²) < 4.78 is 0. The average molecular weight is 463 g/mol. The summed E-state index contributed by atoms with van der Waals surface area (Å²) in [6.07, 6.45) is 0.949. The van der Waals surface area contributed by atoms with Crippen LogP contribution in [0.3, 0.4) is 0 Å². The van der Waals surface area contributed by atoms with Gasteiger partial charge in [0.25, 0.3) is 0 Å². The number of benzene rings is 4. The van der Waals surface area contributed by atoms with Crippen molar-refractivity contribution in [3.8, 4) is 0 Å². The number of nitrogens with zero attached hydrogens (tertiary/aromatic N) is 1. The van der Waals surface area contributed by atoms with Crippen molar-refractivity contribution in [2.45, 2.75) is 32.0 Å². The molecule has 0 aromatic heterocycles. The van der Waals surface area contributed by atoms with E-state index in [0.29, 0.717) is 25.9 Å². The van der Waals surface area contributed by atoms with Crippen molar-refractivity contribution in [2.75, 3.05) is 0 Å². The summed E-state index contributed by atoms with van der Waals surface area (Å²) in [6.45, 7) is 0.757. The lowest BCUT2D eigenvalue weighted by Crippen LogP contribution is -2.43. The zero-order valence-corrected chi connectivity index (χ0v) is 19.7. The van der Waals surface area contributed by atoms with Gasteiger partial charge in [-0.25, -0.2) is 0 Å². The second-order valence-electron chi connectivity index (χ2n) is 8.51. The zero-order chi connectivity index (χ0) is 24.3. The van der Waals surface area contributed by atoms with Gasteiger partial charge in [0.05, 0.1) is 0 Å². The molecule has 1 N–H and O–H groups in total. The number of carbonyl (C=O) groups is 2. The highest BCUT2D eigenvalue weighted by atomic mass is 16.2. The number of hydrogen-bond donors (Lipinski definition) is 1. The maximum atomic E-state index is 13.7. The summed E-state index contributed by atoms with van der Waals surface area (Å²) in [5.41, 5.74) is 3.89. The number of carbonyl (C=O) groups excluding carboxylic acids is 2. The lowest BCUT2D eigenvalue weighted by atomic mass is 10.0. The van der Waals surface area contributed by atoms with Crippen molar-refractivity contribution >= 4 is 11.8 Å². The number of hydrogen-bond acceptors (Lipinski definition) is 2. The molecule has 0 saturated heterocycles. The van der Waals surface area contributed by atoms with Crippen LogP contribution in [-0.4, -0.2) is 16.7 Å². The molecule has 0 aliphatic heterocycles. The molecular weight excluding hydrogens is 432 g/mol. The first-order valence-electron chi connectivity index (χ1n) is 11.9. The smallest absolute Gasteiger partial charge is 0.247 e. The van der Waals surface area contributed by atoms with Gasteiger partial charge in [-0.15, -0.1) is 0 Å². The second-order valence-corrected chi connectivity index (χ2v) is 8.51. The van der Waals surface area contributed by atoms with Crippen LogP contribution in [0.25, 0.3) is 0 Å². The van der Waals surface area contributed by atoms with Crippen molar-refractivity contribution in [1.82, 2.24) is 10.2 Å². The Morgan fingerprint density at radius 1 is 0.629 bits per heavy atom. The molecular formula is C31H30N2O2. The van der Waals surface area contributed by atoms with Crippen LogP contribution in [-0.2, 0) is 29.1 Å². The van der Waals surface area contributed by atoms with E-state index in [4.69, 9.17) is 0 Å². The quantitative estimate of drug-likeness (QED) is 0.328. The topological polar surface area (TPSA) is 49.4 Å². The summed E-state index contributed by atoms with van der Waals surface area (Å²) in [6, 6.07) is 38.4. The van der Waals surface area contributed by atoms with Crippen molar-refractivity contribution in [2.24, 2.45) is 0 Å². The summed E-state index contributed by atoms with van der Waals surface area (Å²) in [5.74, 6) is -0.245. The molecule has 4 nitrogen and oxygen atoms in total. The van der Waals surface area contributed by atoms with Gasteiger partial charge < -0.3 is 10.2 Å². The van der Waals surface area contributed by atoms with Crippen molar-refractivity contribution in [1.29, 1.82) is 0 Å². The summed E-state index contributed by atoms with van der Waals surface area (Å²) in [4.78, 5) is 29.0. The van der Waals surface area contributed by atoms with Gasteiger partial charge in [-0.05, 0) is 28.7 Å². The molecule has 0 heterocycles. The summed E-state index contributed by atoms with van der Waals surface area (Å²) in [5, 5.41) is 3.06. The Morgan fingerprint density at radius 2 is 1.11 bits per heavy atom. The highest BCUT2D eigenvalue weighted by molar-refractivity contribution is 5.88. The first-order chi connectivity index (χ1) is 17.2. The molecule has 4 aromatic rings. The Labute approximate surface area is 207 Å². The Balaban J connectivity index is 1.61. The minimum absolute atomic E-state index is 0.0542. The molecule has 2 amide bonds. The Morgan fingerprint density at radius 3 is 1.69 bits per heavy atom. The molecule has 0 bridgehead atoms. The number of aryl methyl sites for hydroxylation is 1. The third-order valence-corrected chi connectivity index (χ3v) is 5.97. The molecule has 0 aliphatic carbocycles.